The quantitative estimate of drug-likeness (QED) is 0.874. The van der Waals surface area contributed by atoms with Crippen molar-refractivity contribution in [2.45, 2.75) is 38.1 Å². The van der Waals surface area contributed by atoms with Gasteiger partial charge in [0.05, 0.1) is 17.3 Å². The van der Waals surface area contributed by atoms with Crippen LogP contribution in [0.3, 0.4) is 0 Å². The summed E-state index contributed by atoms with van der Waals surface area (Å²) in [5, 5.41) is 3.32. The van der Waals surface area contributed by atoms with Gasteiger partial charge < -0.3 is 10.1 Å². The Morgan fingerprint density at radius 3 is 2.71 bits per heavy atom. The van der Waals surface area contributed by atoms with Crippen LogP contribution in [0.4, 0.5) is 0 Å². The summed E-state index contributed by atoms with van der Waals surface area (Å²) in [5.74, 6) is 0.421. The van der Waals surface area contributed by atoms with Crippen LogP contribution in [0.5, 0.6) is 0 Å². The number of hydrogen-bond acceptors (Lipinski definition) is 4. The molecule has 0 bridgehead atoms. The lowest BCUT2D eigenvalue weighted by Gasteiger charge is -2.23. The Morgan fingerprint density at radius 1 is 1.38 bits per heavy atom. The summed E-state index contributed by atoms with van der Waals surface area (Å²) in [4.78, 5) is 0.454. The topological polar surface area (TPSA) is 55.4 Å². The third-order valence-corrected chi connectivity index (χ3v) is 5.99. The van der Waals surface area contributed by atoms with Crippen LogP contribution in [0.15, 0.2) is 23.1 Å². The molecule has 1 saturated heterocycles. The van der Waals surface area contributed by atoms with Crippen LogP contribution in [-0.2, 0) is 14.6 Å². The van der Waals surface area contributed by atoms with Crippen molar-refractivity contribution in [1.29, 1.82) is 0 Å². The Hall–Kier alpha value is -0.910. The van der Waals surface area contributed by atoms with Crippen LogP contribution in [-0.4, -0.2) is 40.0 Å². The number of nitrogens with one attached hydrogen (secondary N) is 1. The minimum atomic E-state index is -3.28. The highest BCUT2D eigenvalue weighted by atomic mass is 32.2. The summed E-state index contributed by atoms with van der Waals surface area (Å²) in [7, 11) is -3.28. The van der Waals surface area contributed by atoms with E-state index in [1.807, 2.05) is 32.9 Å². The second-order valence-electron chi connectivity index (χ2n) is 5.84. The molecule has 5 heteroatoms. The first-order chi connectivity index (χ1) is 9.94. The Labute approximate surface area is 127 Å². The molecule has 1 heterocycles. The first kappa shape index (κ1) is 16.5. The molecule has 1 aliphatic heterocycles. The largest absolute Gasteiger partial charge is 0.381 e. The van der Waals surface area contributed by atoms with E-state index >= 15 is 0 Å². The molecule has 4 nitrogen and oxygen atoms in total. The second kappa shape index (κ2) is 6.90. The van der Waals surface area contributed by atoms with Gasteiger partial charge in [0, 0.05) is 18.6 Å². The molecule has 0 aliphatic carbocycles. The normalized spacial score (nSPS) is 20.6. The Bertz CT molecular complexity index is 577. The predicted molar refractivity (Wildman–Crippen MR) is 84.4 cm³/mol. The van der Waals surface area contributed by atoms with Crippen LogP contribution in [0.1, 0.15) is 24.5 Å². The summed E-state index contributed by atoms with van der Waals surface area (Å²) < 4.78 is 30.9. The van der Waals surface area contributed by atoms with Crippen LogP contribution in [0, 0.1) is 19.8 Å². The van der Waals surface area contributed by atoms with Crippen molar-refractivity contribution in [2.75, 3.05) is 25.5 Å². The van der Waals surface area contributed by atoms with Crippen LogP contribution >= 0.6 is 0 Å². The second-order valence-corrected chi connectivity index (χ2v) is 7.84. The van der Waals surface area contributed by atoms with Gasteiger partial charge in [0.25, 0.3) is 0 Å². The number of benzene rings is 1. The lowest BCUT2D eigenvalue weighted by molar-refractivity contribution is 0.179. The standard InChI is InChI=1S/C16H25NO3S/c1-4-17-15(14-7-8-20-10-14)11-21(18,19)16-6-5-12(2)9-13(16)3/h5-6,9,14-15,17H,4,7-8,10-11H2,1-3H3. The van der Waals surface area contributed by atoms with Crippen molar-refractivity contribution in [2.24, 2.45) is 5.92 Å². The van der Waals surface area contributed by atoms with E-state index < -0.39 is 9.84 Å². The maximum atomic E-state index is 12.7. The highest BCUT2D eigenvalue weighted by Crippen LogP contribution is 2.23. The van der Waals surface area contributed by atoms with Gasteiger partial charge in [-0.15, -0.1) is 0 Å². The van der Waals surface area contributed by atoms with Gasteiger partial charge in [-0.25, -0.2) is 8.42 Å². The van der Waals surface area contributed by atoms with E-state index in [2.05, 4.69) is 5.32 Å². The average Bonchev–Trinajstić information content (AvgIpc) is 2.91. The van der Waals surface area contributed by atoms with Gasteiger partial charge in [0.1, 0.15) is 0 Å². The van der Waals surface area contributed by atoms with E-state index in [9.17, 15) is 8.42 Å². The van der Waals surface area contributed by atoms with E-state index in [-0.39, 0.29) is 17.7 Å². The van der Waals surface area contributed by atoms with Gasteiger partial charge in [-0.3, -0.25) is 0 Å². The number of rotatable bonds is 6. The zero-order valence-corrected chi connectivity index (χ0v) is 13.9. The molecule has 1 aromatic rings. The monoisotopic (exact) mass is 311 g/mol. The third-order valence-electron chi connectivity index (χ3n) is 4.06. The maximum Gasteiger partial charge on any atom is 0.180 e. The lowest BCUT2D eigenvalue weighted by Crippen LogP contribution is -2.42. The fraction of sp³-hybridized carbons (Fsp3) is 0.625. The van der Waals surface area contributed by atoms with Crippen molar-refractivity contribution >= 4 is 9.84 Å². The first-order valence-electron chi connectivity index (χ1n) is 7.55. The molecule has 2 rings (SSSR count). The van der Waals surface area contributed by atoms with E-state index in [0.29, 0.717) is 11.5 Å². The van der Waals surface area contributed by atoms with Crippen molar-refractivity contribution in [3.05, 3.63) is 29.3 Å². The number of ether oxygens (including phenoxy) is 1. The Kier molecular flexibility index (Phi) is 5.41. The molecule has 0 aromatic heterocycles. The maximum absolute atomic E-state index is 12.7. The molecule has 1 aromatic carbocycles. The minimum Gasteiger partial charge on any atom is -0.381 e. The number of sulfone groups is 1. The van der Waals surface area contributed by atoms with E-state index in [4.69, 9.17) is 4.74 Å². The molecule has 1 fully saturated rings. The van der Waals surface area contributed by atoms with Gasteiger partial charge >= 0.3 is 0 Å². The van der Waals surface area contributed by atoms with Crippen LogP contribution in [0.2, 0.25) is 0 Å². The first-order valence-corrected chi connectivity index (χ1v) is 9.20. The molecule has 0 saturated carbocycles. The van der Waals surface area contributed by atoms with Gasteiger partial charge in [-0.2, -0.15) is 0 Å². The predicted octanol–water partition coefficient (Wildman–Crippen LogP) is 2.09. The van der Waals surface area contributed by atoms with E-state index in [1.54, 1.807) is 6.07 Å². The van der Waals surface area contributed by atoms with Crippen molar-refractivity contribution in [3.63, 3.8) is 0 Å². The molecule has 1 N–H and O–H groups in total. The Balaban J connectivity index is 2.21. The van der Waals surface area contributed by atoms with E-state index in [0.717, 1.165) is 30.7 Å². The van der Waals surface area contributed by atoms with Crippen molar-refractivity contribution in [3.8, 4) is 0 Å². The fourth-order valence-electron chi connectivity index (χ4n) is 2.97. The third kappa shape index (κ3) is 4.05. The smallest absolute Gasteiger partial charge is 0.180 e. The minimum absolute atomic E-state index is 0.0387. The SMILES string of the molecule is CCNC(CS(=O)(=O)c1ccc(C)cc1C)C1CCOC1. The molecule has 2 unspecified atom stereocenters. The summed E-state index contributed by atoms with van der Waals surface area (Å²) in [6.07, 6.45) is 0.931. The van der Waals surface area contributed by atoms with E-state index in [1.165, 1.54) is 0 Å². The zero-order valence-electron chi connectivity index (χ0n) is 13.1. The molecule has 0 spiro atoms. The van der Waals surface area contributed by atoms with Gasteiger partial charge in [0.15, 0.2) is 9.84 Å². The highest BCUT2D eigenvalue weighted by molar-refractivity contribution is 7.91. The summed E-state index contributed by atoms with van der Waals surface area (Å²) in [5.41, 5.74) is 1.91. The molecule has 21 heavy (non-hydrogen) atoms. The summed E-state index contributed by atoms with van der Waals surface area (Å²) in [6.45, 7) is 7.99. The van der Waals surface area contributed by atoms with Crippen molar-refractivity contribution < 1.29 is 13.2 Å². The zero-order chi connectivity index (χ0) is 15.5. The molecule has 0 amide bonds. The van der Waals surface area contributed by atoms with Gasteiger partial charge in [0.2, 0.25) is 0 Å². The summed E-state index contributed by atoms with van der Waals surface area (Å²) in [6, 6.07) is 5.48. The summed E-state index contributed by atoms with van der Waals surface area (Å²) >= 11 is 0. The van der Waals surface area contributed by atoms with Crippen LogP contribution in [0.25, 0.3) is 0 Å². The number of aryl methyl sites for hydroxylation is 2. The van der Waals surface area contributed by atoms with Gasteiger partial charge in [-0.05, 0) is 38.4 Å². The molecule has 118 valence electrons. The molecule has 1 aliphatic rings. The molecule has 0 radical (unpaired) electrons. The average molecular weight is 311 g/mol. The molecular weight excluding hydrogens is 286 g/mol. The highest BCUT2D eigenvalue weighted by Gasteiger charge is 2.30. The molecular formula is C16H25NO3S. The number of hydrogen-bond donors (Lipinski definition) is 1. The lowest BCUT2D eigenvalue weighted by atomic mass is 10.0. The van der Waals surface area contributed by atoms with Gasteiger partial charge in [-0.1, -0.05) is 24.6 Å². The Morgan fingerprint density at radius 2 is 2.14 bits per heavy atom. The fourth-order valence-corrected chi connectivity index (χ4v) is 4.84. The molecule has 2 atom stereocenters. The van der Waals surface area contributed by atoms with Crippen molar-refractivity contribution in [1.82, 2.24) is 5.32 Å². The van der Waals surface area contributed by atoms with Crippen LogP contribution < -0.4 is 5.32 Å².